The van der Waals surface area contributed by atoms with Gasteiger partial charge in [-0.1, -0.05) is 25.0 Å². The minimum absolute atomic E-state index is 0.00422. The standard InChI is InChI=1S/C13H16FNS/c1-3-9-15-11(4-2)10-16-13-8-6-5-7-12(13)14/h2,5-8,11,15H,3,9-10H2,1H3. The number of terminal acetylenes is 1. The Morgan fingerprint density at radius 2 is 2.25 bits per heavy atom. The highest BCUT2D eigenvalue weighted by Gasteiger charge is 2.06. The average Bonchev–Trinajstić information content (AvgIpc) is 2.31. The van der Waals surface area contributed by atoms with E-state index in [-0.39, 0.29) is 11.9 Å². The fourth-order valence-corrected chi connectivity index (χ4v) is 2.16. The third-order valence-electron chi connectivity index (χ3n) is 2.08. The second-order valence-electron chi connectivity index (χ2n) is 3.41. The van der Waals surface area contributed by atoms with E-state index < -0.39 is 0 Å². The van der Waals surface area contributed by atoms with Crippen LogP contribution in [0.4, 0.5) is 4.39 Å². The Hall–Kier alpha value is -0.980. The Morgan fingerprint density at radius 3 is 2.88 bits per heavy atom. The van der Waals surface area contributed by atoms with Crippen LogP contribution in [0.3, 0.4) is 0 Å². The first-order chi connectivity index (χ1) is 7.77. The zero-order valence-electron chi connectivity index (χ0n) is 9.37. The topological polar surface area (TPSA) is 12.0 Å². The molecule has 0 aliphatic rings. The van der Waals surface area contributed by atoms with Crippen LogP contribution >= 0.6 is 11.8 Å². The van der Waals surface area contributed by atoms with E-state index in [1.54, 1.807) is 12.1 Å². The summed E-state index contributed by atoms with van der Waals surface area (Å²) in [4.78, 5) is 0.654. The van der Waals surface area contributed by atoms with E-state index in [2.05, 4.69) is 18.2 Å². The molecule has 3 heteroatoms. The van der Waals surface area contributed by atoms with Crippen molar-refractivity contribution in [3.8, 4) is 12.3 Å². The molecule has 1 N–H and O–H groups in total. The van der Waals surface area contributed by atoms with Crippen molar-refractivity contribution in [2.24, 2.45) is 0 Å². The van der Waals surface area contributed by atoms with E-state index in [9.17, 15) is 4.39 Å². The summed E-state index contributed by atoms with van der Waals surface area (Å²) in [6.07, 6.45) is 6.44. The molecule has 1 unspecified atom stereocenters. The van der Waals surface area contributed by atoms with Crippen molar-refractivity contribution in [1.82, 2.24) is 5.32 Å². The summed E-state index contributed by atoms with van der Waals surface area (Å²) >= 11 is 1.45. The van der Waals surface area contributed by atoms with Crippen LogP contribution in [0.15, 0.2) is 29.2 Å². The van der Waals surface area contributed by atoms with E-state index in [0.717, 1.165) is 13.0 Å². The summed E-state index contributed by atoms with van der Waals surface area (Å²) in [6.45, 7) is 2.98. The fourth-order valence-electron chi connectivity index (χ4n) is 1.22. The van der Waals surface area contributed by atoms with Crippen LogP contribution in [0.25, 0.3) is 0 Å². The Balaban J connectivity index is 2.44. The molecule has 0 aromatic heterocycles. The van der Waals surface area contributed by atoms with Gasteiger partial charge in [0.25, 0.3) is 0 Å². The van der Waals surface area contributed by atoms with Gasteiger partial charge in [0.15, 0.2) is 0 Å². The van der Waals surface area contributed by atoms with Crippen molar-refractivity contribution < 1.29 is 4.39 Å². The monoisotopic (exact) mass is 237 g/mol. The van der Waals surface area contributed by atoms with Gasteiger partial charge >= 0.3 is 0 Å². The molecule has 1 aromatic rings. The smallest absolute Gasteiger partial charge is 0.136 e. The van der Waals surface area contributed by atoms with E-state index in [1.807, 2.05) is 6.07 Å². The van der Waals surface area contributed by atoms with E-state index in [1.165, 1.54) is 17.8 Å². The zero-order chi connectivity index (χ0) is 11.8. The molecule has 0 heterocycles. The molecule has 0 amide bonds. The van der Waals surface area contributed by atoms with Crippen molar-refractivity contribution in [2.75, 3.05) is 12.3 Å². The second-order valence-corrected chi connectivity index (χ2v) is 4.48. The third-order valence-corrected chi connectivity index (χ3v) is 3.23. The lowest BCUT2D eigenvalue weighted by atomic mass is 10.3. The molecule has 0 saturated carbocycles. The van der Waals surface area contributed by atoms with Crippen LogP contribution in [0, 0.1) is 18.2 Å². The Labute approximate surface area is 101 Å². The maximum absolute atomic E-state index is 13.3. The predicted octanol–water partition coefficient (Wildman–Crippen LogP) is 2.92. The van der Waals surface area contributed by atoms with Gasteiger partial charge in [-0.25, -0.2) is 4.39 Å². The van der Waals surface area contributed by atoms with Gasteiger partial charge in [-0.3, -0.25) is 0 Å². The van der Waals surface area contributed by atoms with Crippen LogP contribution in [0.2, 0.25) is 0 Å². The first kappa shape index (κ1) is 13.1. The Kier molecular flexibility index (Phi) is 5.99. The largest absolute Gasteiger partial charge is 0.303 e. The molecule has 16 heavy (non-hydrogen) atoms. The second kappa shape index (κ2) is 7.32. The molecule has 0 spiro atoms. The first-order valence-electron chi connectivity index (χ1n) is 5.34. The summed E-state index contributed by atoms with van der Waals surface area (Å²) in [5, 5.41) is 3.23. The lowest BCUT2D eigenvalue weighted by Gasteiger charge is -2.11. The van der Waals surface area contributed by atoms with Crippen molar-refractivity contribution >= 4 is 11.8 Å². The van der Waals surface area contributed by atoms with Crippen molar-refractivity contribution in [2.45, 2.75) is 24.3 Å². The Bertz CT molecular complexity index is 359. The molecule has 0 bridgehead atoms. The highest BCUT2D eigenvalue weighted by atomic mass is 32.2. The van der Waals surface area contributed by atoms with E-state index in [0.29, 0.717) is 10.6 Å². The third kappa shape index (κ3) is 4.26. The van der Waals surface area contributed by atoms with Crippen molar-refractivity contribution in [1.29, 1.82) is 0 Å². The number of halogens is 1. The molecule has 1 aromatic carbocycles. The van der Waals surface area contributed by atoms with Gasteiger partial charge < -0.3 is 5.32 Å². The minimum atomic E-state index is -0.182. The number of nitrogens with one attached hydrogen (secondary N) is 1. The van der Waals surface area contributed by atoms with Gasteiger partial charge in [0.05, 0.1) is 6.04 Å². The van der Waals surface area contributed by atoms with Gasteiger partial charge in [0, 0.05) is 10.6 Å². The summed E-state index contributed by atoms with van der Waals surface area (Å²) in [5.74, 6) is 3.18. The van der Waals surface area contributed by atoms with E-state index in [4.69, 9.17) is 6.42 Å². The maximum Gasteiger partial charge on any atom is 0.136 e. The van der Waals surface area contributed by atoms with Crippen LogP contribution in [-0.4, -0.2) is 18.3 Å². The number of thioether (sulfide) groups is 1. The predicted molar refractivity (Wildman–Crippen MR) is 68.0 cm³/mol. The molecule has 0 radical (unpaired) electrons. The highest BCUT2D eigenvalue weighted by molar-refractivity contribution is 7.99. The van der Waals surface area contributed by atoms with Gasteiger partial charge in [0.2, 0.25) is 0 Å². The van der Waals surface area contributed by atoms with E-state index >= 15 is 0 Å². The summed E-state index contributed by atoms with van der Waals surface area (Å²) < 4.78 is 13.3. The quantitative estimate of drug-likeness (QED) is 0.603. The van der Waals surface area contributed by atoms with Gasteiger partial charge in [-0.15, -0.1) is 18.2 Å². The molecule has 0 saturated heterocycles. The van der Waals surface area contributed by atoms with Crippen LogP contribution in [0.1, 0.15) is 13.3 Å². The van der Waals surface area contributed by atoms with Gasteiger partial charge in [0.1, 0.15) is 5.82 Å². The van der Waals surface area contributed by atoms with Crippen LogP contribution in [0.5, 0.6) is 0 Å². The number of hydrogen-bond acceptors (Lipinski definition) is 2. The maximum atomic E-state index is 13.3. The zero-order valence-corrected chi connectivity index (χ0v) is 10.2. The number of hydrogen-bond donors (Lipinski definition) is 1. The van der Waals surface area contributed by atoms with Crippen molar-refractivity contribution in [3.63, 3.8) is 0 Å². The van der Waals surface area contributed by atoms with Crippen LogP contribution in [-0.2, 0) is 0 Å². The Morgan fingerprint density at radius 1 is 1.50 bits per heavy atom. The summed E-state index contributed by atoms with van der Waals surface area (Å²) in [5.41, 5.74) is 0. The normalized spacial score (nSPS) is 12.1. The van der Waals surface area contributed by atoms with Crippen LogP contribution < -0.4 is 5.32 Å². The molecule has 1 rings (SSSR count). The molecule has 0 fully saturated rings. The molecule has 1 nitrogen and oxygen atoms in total. The van der Waals surface area contributed by atoms with Gasteiger partial charge in [-0.2, -0.15) is 0 Å². The average molecular weight is 237 g/mol. The molecule has 0 aliphatic carbocycles. The molecular weight excluding hydrogens is 221 g/mol. The highest BCUT2D eigenvalue weighted by Crippen LogP contribution is 2.21. The molecule has 86 valence electrons. The number of benzene rings is 1. The fraction of sp³-hybridized carbons (Fsp3) is 0.385. The minimum Gasteiger partial charge on any atom is -0.303 e. The SMILES string of the molecule is C#CC(CSc1ccccc1F)NCCC. The van der Waals surface area contributed by atoms with Crippen molar-refractivity contribution in [3.05, 3.63) is 30.1 Å². The molecule has 0 aliphatic heterocycles. The van der Waals surface area contributed by atoms with Gasteiger partial charge in [-0.05, 0) is 25.1 Å². The lowest BCUT2D eigenvalue weighted by molar-refractivity contribution is 0.601. The summed E-state index contributed by atoms with van der Waals surface area (Å²) in [7, 11) is 0. The molecule has 1 atom stereocenters. The lowest BCUT2D eigenvalue weighted by Crippen LogP contribution is -2.30. The summed E-state index contributed by atoms with van der Waals surface area (Å²) in [6, 6.07) is 6.76. The first-order valence-corrected chi connectivity index (χ1v) is 6.33. The molecular formula is C13H16FNS. The number of rotatable bonds is 6.